The molecule has 0 aliphatic rings. The molecule has 0 radical (unpaired) electrons. The summed E-state index contributed by atoms with van der Waals surface area (Å²) in [6.07, 6.45) is 0. The molecule has 3 aromatic rings. The Labute approximate surface area is 165 Å². The van der Waals surface area contributed by atoms with Crippen LogP contribution in [0.1, 0.15) is 16.1 Å². The predicted molar refractivity (Wildman–Crippen MR) is 102 cm³/mol. The number of amides is 1. The SMILES string of the molecule is COc1ccc(CNC(=O)c2ccc(S(=O)(=O)c3ccc(Br)cc3)o2)cc1. The lowest BCUT2D eigenvalue weighted by molar-refractivity contribution is 0.0918. The van der Waals surface area contributed by atoms with Gasteiger partial charge in [-0.3, -0.25) is 4.79 Å². The first-order valence-electron chi connectivity index (χ1n) is 7.92. The van der Waals surface area contributed by atoms with Crippen molar-refractivity contribution in [1.82, 2.24) is 5.32 Å². The Hall–Kier alpha value is -2.58. The van der Waals surface area contributed by atoms with Crippen molar-refractivity contribution in [2.75, 3.05) is 7.11 Å². The van der Waals surface area contributed by atoms with E-state index in [-0.39, 0.29) is 22.3 Å². The molecule has 2 aromatic carbocycles. The first-order chi connectivity index (χ1) is 12.9. The molecule has 27 heavy (non-hydrogen) atoms. The van der Waals surface area contributed by atoms with Gasteiger partial charge in [0, 0.05) is 11.0 Å². The highest BCUT2D eigenvalue weighted by atomic mass is 79.9. The number of carbonyl (C=O) groups is 1. The lowest BCUT2D eigenvalue weighted by atomic mass is 10.2. The molecule has 8 heteroatoms. The van der Waals surface area contributed by atoms with E-state index in [1.54, 1.807) is 31.4 Å². The second-order valence-corrected chi connectivity index (χ2v) is 8.40. The molecule has 0 saturated carbocycles. The van der Waals surface area contributed by atoms with E-state index in [4.69, 9.17) is 9.15 Å². The molecule has 1 N–H and O–H groups in total. The van der Waals surface area contributed by atoms with Gasteiger partial charge in [-0.15, -0.1) is 0 Å². The largest absolute Gasteiger partial charge is 0.497 e. The maximum Gasteiger partial charge on any atom is 0.287 e. The number of hydrogen-bond acceptors (Lipinski definition) is 5. The number of methoxy groups -OCH3 is 1. The summed E-state index contributed by atoms with van der Waals surface area (Å²) in [6, 6.07) is 16.0. The molecule has 0 spiro atoms. The predicted octanol–water partition coefficient (Wildman–Crippen LogP) is 3.81. The van der Waals surface area contributed by atoms with Crippen LogP contribution in [-0.2, 0) is 16.4 Å². The second kappa shape index (κ2) is 7.98. The van der Waals surface area contributed by atoms with Crippen LogP contribution >= 0.6 is 15.9 Å². The summed E-state index contributed by atoms with van der Waals surface area (Å²) in [6.45, 7) is 0.276. The summed E-state index contributed by atoms with van der Waals surface area (Å²) >= 11 is 3.26. The molecular weight excluding hydrogens is 434 g/mol. The Bertz CT molecular complexity index is 1040. The number of halogens is 1. The lowest BCUT2D eigenvalue weighted by Gasteiger charge is -2.05. The van der Waals surface area contributed by atoms with Crippen molar-refractivity contribution in [3.8, 4) is 5.75 Å². The Morgan fingerprint density at radius 3 is 2.33 bits per heavy atom. The quantitative estimate of drug-likeness (QED) is 0.618. The number of ether oxygens (including phenoxy) is 1. The molecule has 0 fully saturated rings. The van der Waals surface area contributed by atoms with Gasteiger partial charge in [-0.25, -0.2) is 8.42 Å². The topological polar surface area (TPSA) is 85.6 Å². The van der Waals surface area contributed by atoms with Crippen LogP contribution < -0.4 is 10.1 Å². The summed E-state index contributed by atoms with van der Waals surface area (Å²) in [7, 11) is -2.25. The Balaban J connectivity index is 1.70. The smallest absolute Gasteiger partial charge is 0.287 e. The lowest BCUT2D eigenvalue weighted by Crippen LogP contribution is -2.22. The number of hydrogen-bond donors (Lipinski definition) is 1. The highest BCUT2D eigenvalue weighted by Gasteiger charge is 2.23. The zero-order valence-corrected chi connectivity index (χ0v) is 16.7. The molecule has 0 bridgehead atoms. The van der Waals surface area contributed by atoms with Gasteiger partial charge in [0.15, 0.2) is 5.76 Å². The summed E-state index contributed by atoms with van der Waals surface area (Å²) in [4.78, 5) is 12.3. The number of nitrogens with one attached hydrogen (secondary N) is 1. The van der Waals surface area contributed by atoms with Crippen molar-refractivity contribution in [2.24, 2.45) is 0 Å². The fourth-order valence-corrected chi connectivity index (χ4v) is 3.77. The van der Waals surface area contributed by atoms with E-state index >= 15 is 0 Å². The van der Waals surface area contributed by atoms with Crippen molar-refractivity contribution in [2.45, 2.75) is 16.5 Å². The third-order valence-corrected chi connectivity index (χ3v) is 5.98. The Morgan fingerprint density at radius 1 is 1.04 bits per heavy atom. The van der Waals surface area contributed by atoms with Crippen LogP contribution in [0.25, 0.3) is 0 Å². The second-order valence-electron chi connectivity index (χ2n) is 5.61. The van der Waals surface area contributed by atoms with Crippen LogP contribution in [0.4, 0.5) is 0 Å². The molecule has 1 aromatic heterocycles. The van der Waals surface area contributed by atoms with Crippen LogP contribution in [0.2, 0.25) is 0 Å². The van der Waals surface area contributed by atoms with Crippen LogP contribution in [0, 0.1) is 0 Å². The summed E-state index contributed by atoms with van der Waals surface area (Å²) in [5.41, 5.74) is 0.874. The van der Waals surface area contributed by atoms with Crippen molar-refractivity contribution < 1.29 is 22.4 Å². The van der Waals surface area contributed by atoms with Gasteiger partial charge in [0.2, 0.25) is 14.9 Å². The fourth-order valence-electron chi connectivity index (χ4n) is 2.33. The summed E-state index contributed by atoms with van der Waals surface area (Å²) < 4.78 is 36.3. The maximum absolute atomic E-state index is 12.6. The van der Waals surface area contributed by atoms with Crippen molar-refractivity contribution in [3.05, 3.63) is 76.5 Å². The average Bonchev–Trinajstić information content (AvgIpc) is 3.18. The average molecular weight is 450 g/mol. The first-order valence-corrected chi connectivity index (χ1v) is 10.2. The molecule has 1 heterocycles. The number of sulfone groups is 1. The monoisotopic (exact) mass is 449 g/mol. The van der Waals surface area contributed by atoms with E-state index in [1.807, 2.05) is 12.1 Å². The molecule has 0 unspecified atom stereocenters. The number of benzene rings is 2. The van der Waals surface area contributed by atoms with Crippen LogP contribution in [0.3, 0.4) is 0 Å². The Morgan fingerprint density at radius 2 is 1.70 bits per heavy atom. The molecule has 0 saturated heterocycles. The molecule has 0 aliphatic heterocycles. The zero-order chi connectivity index (χ0) is 19.4. The van der Waals surface area contributed by atoms with Gasteiger partial charge in [0.1, 0.15) is 5.75 Å². The van der Waals surface area contributed by atoms with E-state index in [1.165, 1.54) is 24.3 Å². The van der Waals surface area contributed by atoms with Crippen LogP contribution in [0.15, 0.2) is 79.5 Å². The van der Waals surface area contributed by atoms with E-state index in [9.17, 15) is 13.2 Å². The van der Waals surface area contributed by atoms with E-state index in [0.29, 0.717) is 0 Å². The zero-order valence-electron chi connectivity index (χ0n) is 14.3. The molecule has 0 aliphatic carbocycles. The molecule has 1 amide bonds. The normalized spacial score (nSPS) is 11.2. The minimum atomic E-state index is -3.82. The molecule has 3 rings (SSSR count). The molecular formula is C19H16BrNO5S. The summed E-state index contributed by atoms with van der Waals surface area (Å²) in [5, 5.41) is 2.41. The maximum atomic E-state index is 12.6. The minimum Gasteiger partial charge on any atom is -0.497 e. The fraction of sp³-hybridized carbons (Fsp3) is 0.105. The van der Waals surface area contributed by atoms with Gasteiger partial charge in [-0.1, -0.05) is 28.1 Å². The Kier molecular flexibility index (Phi) is 5.67. The number of rotatable bonds is 6. The van der Waals surface area contributed by atoms with Gasteiger partial charge in [-0.2, -0.15) is 0 Å². The molecule has 0 atom stereocenters. The third-order valence-electron chi connectivity index (χ3n) is 3.81. The molecule has 6 nitrogen and oxygen atoms in total. The van der Waals surface area contributed by atoms with Crippen molar-refractivity contribution >= 4 is 31.7 Å². The minimum absolute atomic E-state index is 0.0702. The highest BCUT2D eigenvalue weighted by molar-refractivity contribution is 9.10. The number of carbonyl (C=O) groups excluding carboxylic acids is 1. The van der Waals surface area contributed by atoms with Crippen LogP contribution in [-0.4, -0.2) is 21.4 Å². The molecule has 140 valence electrons. The van der Waals surface area contributed by atoms with Crippen molar-refractivity contribution in [3.63, 3.8) is 0 Å². The highest BCUT2D eigenvalue weighted by Crippen LogP contribution is 2.24. The van der Waals surface area contributed by atoms with Gasteiger partial charge in [-0.05, 0) is 54.1 Å². The third kappa shape index (κ3) is 4.40. The standard InChI is InChI=1S/C19H16BrNO5S/c1-25-15-6-2-13(3-7-15)12-21-19(22)17-10-11-18(26-17)27(23,24)16-8-4-14(20)5-9-16/h2-11H,12H2,1H3,(H,21,22). The summed E-state index contributed by atoms with van der Waals surface area (Å²) in [5.74, 6) is 0.154. The first kappa shape index (κ1) is 19.2. The number of furan rings is 1. The van der Waals surface area contributed by atoms with E-state index < -0.39 is 15.7 Å². The van der Waals surface area contributed by atoms with E-state index in [2.05, 4.69) is 21.2 Å². The van der Waals surface area contributed by atoms with E-state index in [0.717, 1.165) is 15.8 Å². The van der Waals surface area contributed by atoms with Crippen molar-refractivity contribution in [1.29, 1.82) is 0 Å². The van der Waals surface area contributed by atoms with Gasteiger partial charge in [0.05, 0.1) is 12.0 Å². The van der Waals surface area contributed by atoms with Gasteiger partial charge >= 0.3 is 0 Å². The van der Waals surface area contributed by atoms with Gasteiger partial charge in [0.25, 0.3) is 5.91 Å². The van der Waals surface area contributed by atoms with Gasteiger partial charge < -0.3 is 14.5 Å². The van der Waals surface area contributed by atoms with Crippen LogP contribution in [0.5, 0.6) is 5.75 Å².